The van der Waals surface area contributed by atoms with Crippen molar-refractivity contribution in [1.29, 1.82) is 0 Å². The number of thiophene rings is 1. The molecule has 1 heterocycles. The minimum absolute atomic E-state index is 0.0938. The van der Waals surface area contributed by atoms with Gasteiger partial charge in [0.2, 0.25) is 0 Å². The van der Waals surface area contributed by atoms with Crippen molar-refractivity contribution >= 4 is 28.2 Å². The Labute approximate surface area is 175 Å². The van der Waals surface area contributed by atoms with Gasteiger partial charge in [-0.1, -0.05) is 48.5 Å². The third kappa shape index (κ3) is 4.57. The number of hydrogen-bond acceptors (Lipinski definition) is 3. The van der Waals surface area contributed by atoms with Gasteiger partial charge in [-0.2, -0.15) is 0 Å². The van der Waals surface area contributed by atoms with Crippen LogP contribution in [0.25, 0.3) is 0 Å². The summed E-state index contributed by atoms with van der Waals surface area (Å²) < 4.78 is 0. The van der Waals surface area contributed by atoms with Gasteiger partial charge in [0.05, 0.1) is 5.56 Å². The number of hydrogen-bond donors (Lipinski definition) is 2. The molecule has 1 aliphatic rings. The van der Waals surface area contributed by atoms with Crippen molar-refractivity contribution in [2.45, 2.75) is 32.1 Å². The van der Waals surface area contributed by atoms with E-state index in [1.807, 2.05) is 36.4 Å². The Hall–Kier alpha value is -2.92. The second-order valence-corrected chi connectivity index (χ2v) is 8.33. The molecule has 0 unspecified atom stereocenters. The predicted molar refractivity (Wildman–Crippen MR) is 118 cm³/mol. The van der Waals surface area contributed by atoms with Crippen LogP contribution in [0.5, 0.6) is 0 Å². The zero-order valence-corrected chi connectivity index (χ0v) is 17.1. The van der Waals surface area contributed by atoms with Crippen molar-refractivity contribution in [3.63, 3.8) is 0 Å². The van der Waals surface area contributed by atoms with E-state index < -0.39 is 0 Å². The molecule has 148 valence electrons. The Balaban J connectivity index is 1.52. The summed E-state index contributed by atoms with van der Waals surface area (Å²) >= 11 is 1.55. The summed E-state index contributed by atoms with van der Waals surface area (Å²) in [5, 5.41) is 6.71. The highest BCUT2D eigenvalue weighted by atomic mass is 32.1. The summed E-state index contributed by atoms with van der Waals surface area (Å²) in [7, 11) is 0. The molecule has 0 fully saturated rings. The molecule has 0 aliphatic heterocycles. The Bertz CT molecular complexity index is 996. The molecule has 0 radical (unpaired) electrons. The van der Waals surface area contributed by atoms with Gasteiger partial charge in [-0.25, -0.2) is 0 Å². The maximum Gasteiger partial charge on any atom is 0.256 e. The third-order valence-electron chi connectivity index (χ3n) is 5.20. The van der Waals surface area contributed by atoms with Gasteiger partial charge in [-0.05, 0) is 55.4 Å². The van der Waals surface area contributed by atoms with Gasteiger partial charge >= 0.3 is 0 Å². The molecule has 0 bridgehead atoms. The second kappa shape index (κ2) is 9.05. The van der Waals surface area contributed by atoms with Crippen molar-refractivity contribution in [3.8, 4) is 0 Å². The molecule has 0 spiro atoms. The lowest BCUT2D eigenvalue weighted by Gasteiger charge is -2.13. The Morgan fingerprint density at radius 2 is 1.55 bits per heavy atom. The molecule has 0 saturated carbocycles. The highest BCUT2D eigenvalue weighted by Crippen LogP contribution is 2.38. The second-order valence-electron chi connectivity index (χ2n) is 7.23. The maximum absolute atomic E-state index is 13.1. The predicted octanol–water partition coefficient (Wildman–Crippen LogP) is 4.85. The SMILES string of the molecule is O=C(Nc1sc2c(c1C(=O)NCCc1ccccc1)CCCC2)c1ccccc1. The zero-order valence-electron chi connectivity index (χ0n) is 16.2. The van der Waals surface area contributed by atoms with Gasteiger partial charge in [0.1, 0.15) is 5.00 Å². The smallest absolute Gasteiger partial charge is 0.256 e. The first-order valence-electron chi connectivity index (χ1n) is 10.1. The summed E-state index contributed by atoms with van der Waals surface area (Å²) in [6.45, 7) is 0.569. The first kappa shape index (κ1) is 19.4. The fourth-order valence-electron chi connectivity index (χ4n) is 3.71. The number of nitrogens with one attached hydrogen (secondary N) is 2. The van der Waals surface area contributed by atoms with Crippen LogP contribution in [0, 0.1) is 0 Å². The van der Waals surface area contributed by atoms with Crippen molar-refractivity contribution in [2.24, 2.45) is 0 Å². The maximum atomic E-state index is 13.1. The number of carbonyl (C=O) groups is 2. The van der Waals surface area contributed by atoms with Crippen LogP contribution in [-0.2, 0) is 19.3 Å². The summed E-state index contributed by atoms with van der Waals surface area (Å²) in [5.74, 6) is -0.272. The normalized spacial score (nSPS) is 12.8. The molecule has 2 N–H and O–H groups in total. The van der Waals surface area contributed by atoms with Gasteiger partial charge in [0, 0.05) is 17.0 Å². The number of benzene rings is 2. The lowest BCUT2D eigenvalue weighted by molar-refractivity contribution is 0.0954. The van der Waals surface area contributed by atoms with Crippen LogP contribution < -0.4 is 10.6 Å². The topological polar surface area (TPSA) is 58.2 Å². The van der Waals surface area contributed by atoms with Crippen LogP contribution in [0.2, 0.25) is 0 Å². The monoisotopic (exact) mass is 404 g/mol. The Kier molecular flexibility index (Phi) is 6.06. The molecule has 4 nitrogen and oxygen atoms in total. The molecule has 1 aliphatic carbocycles. The molecule has 3 aromatic rings. The standard InChI is InChI=1S/C24H24N2O2S/c27-22(18-11-5-2-6-12-18)26-24-21(19-13-7-8-14-20(19)29-24)23(28)25-16-15-17-9-3-1-4-10-17/h1-6,9-12H,7-8,13-16H2,(H,25,28)(H,26,27). The first-order chi connectivity index (χ1) is 14.2. The van der Waals surface area contributed by atoms with Crippen LogP contribution in [0.15, 0.2) is 60.7 Å². The number of amides is 2. The summed E-state index contributed by atoms with van der Waals surface area (Å²) in [4.78, 5) is 26.9. The summed E-state index contributed by atoms with van der Waals surface area (Å²) in [5.41, 5.74) is 3.55. The van der Waals surface area contributed by atoms with E-state index in [9.17, 15) is 9.59 Å². The van der Waals surface area contributed by atoms with Crippen LogP contribution in [0.3, 0.4) is 0 Å². The number of rotatable bonds is 6. The molecule has 2 amide bonds. The summed E-state index contributed by atoms with van der Waals surface area (Å²) in [6, 6.07) is 19.2. The average Bonchev–Trinajstić information content (AvgIpc) is 3.13. The number of fused-ring (bicyclic) bond motifs is 1. The van der Waals surface area contributed by atoms with Gasteiger partial charge in [-0.15, -0.1) is 11.3 Å². The largest absolute Gasteiger partial charge is 0.352 e. The number of anilines is 1. The average molecular weight is 405 g/mol. The number of carbonyl (C=O) groups excluding carboxylic acids is 2. The van der Waals surface area contributed by atoms with Gasteiger partial charge < -0.3 is 10.6 Å². The highest BCUT2D eigenvalue weighted by molar-refractivity contribution is 7.17. The lowest BCUT2D eigenvalue weighted by Crippen LogP contribution is -2.27. The molecule has 0 saturated heterocycles. The van der Waals surface area contributed by atoms with Gasteiger partial charge in [0.25, 0.3) is 11.8 Å². The van der Waals surface area contributed by atoms with E-state index in [4.69, 9.17) is 0 Å². The quantitative estimate of drug-likeness (QED) is 0.617. The molecule has 29 heavy (non-hydrogen) atoms. The molecule has 5 heteroatoms. The van der Waals surface area contributed by atoms with E-state index >= 15 is 0 Å². The third-order valence-corrected chi connectivity index (χ3v) is 6.41. The summed E-state index contributed by atoms with van der Waals surface area (Å²) in [6.07, 6.45) is 4.87. The highest BCUT2D eigenvalue weighted by Gasteiger charge is 2.26. The van der Waals surface area contributed by atoms with Crippen LogP contribution in [-0.4, -0.2) is 18.4 Å². The van der Waals surface area contributed by atoms with E-state index in [1.54, 1.807) is 23.5 Å². The van der Waals surface area contributed by atoms with Crippen molar-refractivity contribution < 1.29 is 9.59 Å². The fourth-order valence-corrected chi connectivity index (χ4v) is 4.99. The van der Waals surface area contributed by atoms with Crippen molar-refractivity contribution in [2.75, 3.05) is 11.9 Å². The van der Waals surface area contributed by atoms with E-state index in [1.165, 1.54) is 10.4 Å². The van der Waals surface area contributed by atoms with Crippen LogP contribution in [0.1, 0.15) is 49.6 Å². The minimum atomic E-state index is -0.178. The molecular formula is C24H24N2O2S. The van der Waals surface area contributed by atoms with Gasteiger partial charge in [-0.3, -0.25) is 9.59 Å². The zero-order chi connectivity index (χ0) is 20.1. The van der Waals surface area contributed by atoms with E-state index in [0.717, 1.165) is 37.7 Å². The van der Waals surface area contributed by atoms with Gasteiger partial charge in [0.15, 0.2) is 0 Å². The minimum Gasteiger partial charge on any atom is -0.352 e. The molecule has 4 rings (SSSR count). The molecule has 1 aromatic heterocycles. The van der Waals surface area contributed by atoms with Crippen molar-refractivity contribution in [3.05, 3.63) is 87.8 Å². The fraction of sp³-hybridized carbons (Fsp3) is 0.250. The van der Waals surface area contributed by atoms with Crippen molar-refractivity contribution in [1.82, 2.24) is 5.32 Å². The van der Waals surface area contributed by atoms with Crippen LogP contribution in [0.4, 0.5) is 5.00 Å². The Morgan fingerprint density at radius 3 is 2.31 bits per heavy atom. The Morgan fingerprint density at radius 1 is 0.862 bits per heavy atom. The molecule has 0 atom stereocenters. The molecular weight excluding hydrogens is 380 g/mol. The first-order valence-corrected chi connectivity index (χ1v) is 10.9. The molecule has 2 aromatic carbocycles. The van der Waals surface area contributed by atoms with E-state index in [2.05, 4.69) is 22.8 Å². The lowest BCUT2D eigenvalue weighted by atomic mass is 9.95. The van der Waals surface area contributed by atoms with Crippen LogP contribution >= 0.6 is 11.3 Å². The van der Waals surface area contributed by atoms with E-state index in [-0.39, 0.29) is 11.8 Å². The van der Waals surface area contributed by atoms with E-state index in [0.29, 0.717) is 22.7 Å². The number of aryl methyl sites for hydroxylation is 1.